The third kappa shape index (κ3) is 5.44. The maximum Gasteiger partial charge on any atom is 0.258 e. The molecule has 1 saturated heterocycles. The molecule has 2 N–H and O–H groups in total. The molecule has 4 atom stereocenters. The van der Waals surface area contributed by atoms with Crippen molar-refractivity contribution in [3.63, 3.8) is 0 Å². The molecule has 0 radical (unpaired) electrons. The minimum atomic E-state index is -0.857. The van der Waals surface area contributed by atoms with E-state index in [0.717, 1.165) is 18.5 Å². The number of anilines is 1. The lowest BCUT2D eigenvalue weighted by molar-refractivity contribution is -0.141. The van der Waals surface area contributed by atoms with Crippen LogP contribution in [0.2, 0.25) is 0 Å². The smallest absolute Gasteiger partial charge is 0.258 e. The zero-order valence-electron chi connectivity index (χ0n) is 29.2. The molecule has 1 saturated carbocycles. The number of para-hydroxylation sites is 2. The lowest BCUT2D eigenvalue weighted by Gasteiger charge is -2.60. The average Bonchev–Trinajstić information content (AvgIpc) is 3.62. The van der Waals surface area contributed by atoms with Gasteiger partial charge in [-0.2, -0.15) is 0 Å². The Balaban J connectivity index is 1.27. The molecule has 8 rings (SSSR count). The number of carbonyl (C=O) groups excluding carboxylic acids is 3. The first-order valence-corrected chi connectivity index (χ1v) is 17.5. The summed E-state index contributed by atoms with van der Waals surface area (Å²) in [6.45, 7) is 7.32. The Bertz CT molecular complexity index is 1950. The van der Waals surface area contributed by atoms with Crippen molar-refractivity contribution in [1.82, 2.24) is 10.6 Å². The fourth-order valence-corrected chi connectivity index (χ4v) is 9.21. The van der Waals surface area contributed by atoms with E-state index in [0.29, 0.717) is 24.4 Å². The summed E-state index contributed by atoms with van der Waals surface area (Å²) in [5.74, 6) is -0.852. The van der Waals surface area contributed by atoms with Crippen LogP contribution in [0.25, 0.3) is 5.57 Å². The van der Waals surface area contributed by atoms with Gasteiger partial charge in [-0.05, 0) is 74.6 Å². The summed E-state index contributed by atoms with van der Waals surface area (Å²) < 4.78 is 5.66. The normalized spacial score (nSPS) is 23.8. The number of amides is 2. The zero-order valence-corrected chi connectivity index (χ0v) is 29.2. The number of imide groups is 1. The summed E-state index contributed by atoms with van der Waals surface area (Å²) in [6, 6.07) is 35.9. The first-order valence-electron chi connectivity index (χ1n) is 17.5. The van der Waals surface area contributed by atoms with Crippen LogP contribution < -0.4 is 20.3 Å². The third-order valence-electron chi connectivity index (χ3n) is 11.3. The number of carbonyl (C=O) groups is 3. The van der Waals surface area contributed by atoms with Crippen molar-refractivity contribution in [3.8, 4) is 5.75 Å². The number of ketones is 1. The number of benzene rings is 4. The van der Waals surface area contributed by atoms with Gasteiger partial charge in [0.1, 0.15) is 5.75 Å². The van der Waals surface area contributed by atoms with E-state index in [9.17, 15) is 14.4 Å². The minimum absolute atomic E-state index is 0.0434. The second kappa shape index (κ2) is 13.0. The van der Waals surface area contributed by atoms with Gasteiger partial charge in [-0.3, -0.25) is 19.7 Å². The fraction of sp³-hybridized carbons (Fsp3) is 0.326. The summed E-state index contributed by atoms with van der Waals surface area (Å²) in [5.41, 5.74) is 3.52. The number of rotatable bonds is 9. The molecule has 2 fully saturated rings. The molecule has 2 bridgehead atoms. The van der Waals surface area contributed by atoms with Crippen LogP contribution >= 0.6 is 0 Å². The molecule has 0 aromatic heterocycles. The van der Waals surface area contributed by atoms with E-state index in [1.165, 1.54) is 29.9 Å². The SMILES string of the molecule is COc1ccccc1C(=CC(=O)CN(c1ccccc1)C(C)(C)C)C(=O)NC(=O)[C@]12CNC[C@H]1[C@@]1(c3ccccc3)CC[C@@H]2c2ccccc21. The highest BCUT2D eigenvalue weighted by molar-refractivity contribution is 6.28. The predicted octanol–water partition coefficient (Wildman–Crippen LogP) is 6.68. The van der Waals surface area contributed by atoms with E-state index in [4.69, 9.17) is 4.74 Å². The molecule has 0 unspecified atom stereocenters. The van der Waals surface area contributed by atoms with Crippen LogP contribution in [-0.4, -0.2) is 49.9 Å². The molecule has 4 aromatic carbocycles. The number of hydrogen-bond acceptors (Lipinski definition) is 6. The van der Waals surface area contributed by atoms with E-state index in [1.54, 1.807) is 18.2 Å². The molecule has 0 spiro atoms. The molecule has 2 amide bonds. The molecule has 4 aliphatic rings. The number of fused-ring (bicyclic) bond motifs is 1. The summed E-state index contributed by atoms with van der Waals surface area (Å²) >= 11 is 0. The van der Waals surface area contributed by atoms with Gasteiger partial charge in [-0.1, -0.05) is 91.0 Å². The second-order valence-electron chi connectivity index (χ2n) is 14.8. The Morgan fingerprint density at radius 1 is 0.900 bits per heavy atom. The van der Waals surface area contributed by atoms with Gasteiger partial charge in [0.15, 0.2) is 5.78 Å². The molecule has 4 aromatic rings. The van der Waals surface area contributed by atoms with Gasteiger partial charge in [0, 0.05) is 47.1 Å². The molecule has 256 valence electrons. The Kier molecular flexibility index (Phi) is 8.73. The second-order valence-corrected chi connectivity index (χ2v) is 14.8. The molecule has 1 heterocycles. The van der Waals surface area contributed by atoms with Gasteiger partial charge < -0.3 is 15.0 Å². The topological polar surface area (TPSA) is 87.7 Å². The summed E-state index contributed by atoms with van der Waals surface area (Å²) in [4.78, 5) is 45.4. The van der Waals surface area contributed by atoms with Crippen molar-refractivity contribution in [2.24, 2.45) is 11.3 Å². The standard InChI is InChI=1S/C43H45N3O4/c1-41(2,3)46(30-17-9-6-10-18-30)27-31(47)25-34(32-19-12-14-22-37(32)50-4)39(48)45-40(49)43-28-44-26-38(43)42(29-15-7-5-8-16-29)24-23-36(43)33-20-11-13-21-35(33)42/h5-22,25,36,38,44H,23-24,26-28H2,1-4H3,(H,45,48,49)/t36-,38+,42-,43+/m1/s1. The number of hydrogen-bond donors (Lipinski definition) is 2. The van der Waals surface area contributed by atoms with Crippen molar-refractivity contribution >= 4 is 28.9 Å². The lowest BCUT2D eigenvalue weighted by atomic mass is 9.42. The Hall–Kier alpha value is -5.01. The highest BCUT2D eigenvalue weighted by Gasteiger charge is 2.68. The largest absolute Gasteiger partial charge is 0.496 e. The van der Waals surface area contributed by atoms with Gasteiger partial charge in [0.25, 0.3) is 5.91 Å². The monoisotopic (exact) mass is 667 g/mol. The quantitative estimate of drug-likeness (QED) is 0.194. The van der Waals surface area contributed by atoms with Gasteiger partial charge in [0.2, 0.25) is 5.91 Å². The summed E-state index contributed by atoms with van der Waals surface area (Å²) in [5, 5.41) is 6.44. The Morgan fingerprint density at radius 2 is 1.56 bits per heavy atom. The van der Waals surface area contributed by atoms with Gasteiger partial charge in [-0.15, -0.1) is 0 Å². The van der Waals surface area contributed by atoms with Crippen molar-refractivity contribution in [2.45, 2.75) is 50.5 Å². The highest BCUT2D eigenvalue weighted by atomic mass is 16.5. The van der Waals surface area contributed by atoms with Crippen LogP contribution in [-0.2, 0) is 19.8 Å². The van der Waals surface area contributed by atoms with Crippen molar-refractivity contribution in [3.05, 3.63) is 138 Å². The zero-order chi connectivity index (χ0) is 35.1. The Morgan fingerprint density at radius 3 is 2.28 bits per heavy atom. The van der Waals surface area contributed by atoms with Crippen LogP contribution in [0, 0.1) is 11.3 Å². The molecular formula is C43H45N3O4. The van der Waals surface area contributed by atoms with E-state index >= 15 is 0 Å². The van der Waals surface area contributed by atoms with Crippen LogP contribution in [0.3, 0.4) is 0 Å². The van der Waals surface area contributed by atoms with E-state index in [1.807, 2.05) is 68.1 Å². The number of nitrogens with zero attached hydrogens (tertiary/aromatic N) is 1. The molecular weight excluding hydrogens is 622 g/mol. The average molecular weight is 668 g/mol. The van der Waals surface area contributed by atoms with Crippen molar-refractivity contribution < 1.29 is 19.1 Å². The van der Waals surface area contributed by atoms with E-state index < -0.39 is 11.3 Å². The summed E-state index contributed by atoms with van der Waals surface area (Å²) in [6.07, 6.45) is 3.14. The molecule has 3 aliphatic carbocycles. The molecule has 1 aliphatic heterocycles. The molecule has 7 nitrogen and oxygen atoms in total. The van der Waals surface area contributed by atoms with Crippen molar-refractivity contribution in [1.29, 1.82) is 0 Å². The molecule has 7 heteroatoms. The third-order valence-corrected chi connectivity index (χ3v) is 11.3. The van der Waals surface area contributed by atoms with Crippen LogP contribution in [0.15, 0.2) is 115 Å². The predicted molar refractivity (Wildman–Crippen MR) is 197 cm³/mol. The van der Waals surface area contributed by atoms with Gasteiger partial charge >= 0.3 is 0 Å². The Labute approximate surface area is 294 Å². The maximum absolute atomic E-state index is 14.9. The van der Waals surface area contributed by atoms with Gasteiger partial charge in [-0.25, -0.2) is 0 Å². The van der Waals surface area contributed by atoms with E-state index in [2.05, 4.69) is 59.2 Å². The van der Waals surface area contributed by atoms with Crippen LogP contribution in [0.1, 0.15) is 61.8 Å². The van der Waals surface area contributed by atoms with Crippen molar-refractivity contribution in [2.75, 3.05) is 31.6 Å². The summed E-state index contributed by atoms with van der Waals surface area (Å²) in [7, 11) is 1.53. The molecule has 50 heavy (non-hydrogen) atoms. The lowest BCUT2D eigenvalue weighted by Crippen LogP contribution is -2.63. The van der Waals surface area contributed by atoms with Crippen LogP contribution in [0.5, 0.6) is 5.75 Å². The number of nitrogens with one attached hydrogen (secondary N) is 2. The number of ether oxygens (including phenoxy) is 1. The van der Waals surface area contributed by atoms with Gasteiger partial charge in [0.05, 0.1) is 24.6 Å². The first-order chi connectivity index (χ1) is 24.1. The number of methoxy groups -OCH3 is 1. The highest BCUT2D eigenvalue weighted by Crippen LogP contribution is 2.67. The first kappa shape index (κ1) is 33.5. The minimum Gasteiger partial charge on any atom is -0.496 e. The van der Waals surface area contributed by atoms with Crippen LogP contribution in [0.4, 0.5) is 5.69 Å². The van der Waals surface area contributed by atoms with E-state index in [-0.39, 0.29) is 46.6 Å². The maximum atomic E-state index is 14.9. The fourth-order valence-electron chi connectivity index (χ4n) is 9.21.